The summed E-state index contributed by atoms with van der Waals surface area (Å²) >= 11 is 0. The summed E-state index contributed by atoms with van der Waals surface area (Å²) in [6.45, 7) is 5.20. The van der Waals surface area contributed by atoms with Crippen LogP contribution >= 0.6 is 0 Å². The lowest BCUT2D eigenvalue weighted by molar-refractivity contribution is 0.00692. The molecule has 0 saturated carbocycles. The fraction of sp³-hybridized carbons (Fsp3) is 0.357. The number of esters is 1. The Morgan fingerprint density at radius 3 is 2.59 bits per heavy atom. The Morgan fingerprint density at radius 2 is 2.00 bits per heavy atom. The highest BCUT2D eigenvalue weighted by molar-refractivity contribution is 5.92. The first-order valence-electron chi connectivity index (χ1n) is 5.36. The van der Waals surface area contributed by atoms with Crippen LogP contribution in [0.3, 0.4) is 0 Å². The maximum Gasteiger partial charge on any atom is 0.339 e. The molecule has 0 bridgehead atoms. The van der Waals surface area contributed by atoms with Gasteiger partial charge < -0.3 is 9.84 Å². The van der Waals surface area contributed by atoms with E-state index in [0.717, 1.165) is 0 Å². The van der Waals surface area contributed by atoms with Gasteiger partial charge in [-0.3, -0.25) is 0 Å². The SMILES string of the molecule is CC(C)(C)OC(=O)c1ccccc1C#CCO. The molecule has 1 rings (SSSR count). The standard InChI is InChI=1S/C14H16O3/c1-14(2,3)17-13(16)12-9-5-4-7-11(12)8-6-10-15/h4-5,7,9,15H,10H2,1-3H3. The molecule has 0 fully saturated rings. The third kappa shape index (κ3) is 4.29. The third-order valence-electron chi connectivity index (χ3n) is 1.85. The van der Waals surface area contributed by atoms with E-state index in [4.69, 9.17) is 9.84 Å². The number of ether oxygens (including phenoxy) is 1. The lowest BCUT2D eigenvalue weighted by Crippen LogP contribution is -2.24. The molecule has 0 amide bonds. The van der Waals surface area contributed by atoms with Crippen LogP contribution in [0, 0.1) is 11.8 Å². The molecule has 90 valence electrons. The minimum Gasteiger partial charge on any atom is -0.456 e. The highest BCUT2D eigenvalue weighted by Crippen LogP contribution is 2.14. The van der Waals surface area contributed by atoms with Crippen molar-refractivity contribution < 1.29 is 14.6 Å². The maximum atomic E-state index is 11.9. The first-order valence-corrected chi connectivity index (χ1v) is 5.36. The summed E-state index contributed by atoms with van der Waals surface area (Å²) in [4.78, 5) is 11.9. The van der Waals surface area contributed by atoms with Gasteiger partial charge in [0.05, 0.1) is 5.56 Å². The van der Waals surface area contributed by atoms with Gasteiger partial charge >= 0.3 is 5.97 Å². The highest BCUT2D eigenvalue weighted by Gasteiger charge is 2.19. The van der Waals surface area contributed by atoms with Gasteiger partial charge in [0.1, 0.15) is 12.2 Å². The van der Waals surface area contributed by atoms with E-state index in [9.17, 15) is 4.79 Å². The van der Waals surface area contributed by atoms with Gasteiger partial charge in [-0.2, -0.15) is 0 Å². The highest BCUT2D eigenvalue weighted by atomic mass is 16.6. The van der Waals surface area contributed by atoms with Crippen molar-refractivity contribution in [3.63, 3.8) is 0 Å². The number of aliphatic hydroxyl groups excluding tert-OH is 1. The Morgan fingerprint density at radius 1 is 1.35 bits per heavy atom. The molecule has 1 aromatic rings. The van der Waals surface area contributed by atoms with Crippen LogP contribution in [0.1, 0.15) is 36.7 Å². The summed E-state index contributed by atoms with van der Waals surface area (Å²) in [5.74, 6) is 4.85. The van der Waals surface area contributed by atoms with Gasteiger partial charge in [0.25, 0.3) is 0 Å². The lowest BCUT2D eigenvalue weighted by Gasteiger charge is -2.19. The Kier molecular flexibility index (Phi) is 4.30. The fourth-order valence-electron chi connectivity index (χ4n) is 1.24. The van der Waals surface area contributed by atoms with E-state index in [2.05, 4.69) is 11.8 Å². The summed E-state index contributed by atoms with van der Waals surface area (Å²) in [5.41, 5.74) is 0.452. The fourth-order valence-corrected chi connectivity index (χ4v) is 1.24. The molecule has 0 aliphatic rings. The van der Waals surface area contributed by atoms with E-state index in [1.165, 1.54) is 0 Å². The van der Waals surface area contributed by atoms with E-state index >= 15 is 0 Å². The van der Waals surface area contributed by atoms with E-state index < -0.39 is 11.6 Å². The van der Waals surface area contributed by atoms with Crippen molar-refractivity contribution in [2.24, 2.45) is 0 Å². The van der Waals surface area contributed by atoms with Crippen molar-refractivity contribution in [3.8, 4) is 11.8 Å². The predicted octanol–water partition coefficient (Wildman–Crippen LogP) is 1.99. The second-order valence-corrected chi connectivity index (χ2v) is 4.51. The first kappa shape index (κ1) is 13.3. The van der Waals surface area contributed by atoms with Crippen molar-refractivity contribution in [2.45, 2.75) is 26.4 Å². The summed E-state index contributed by atoms with van der Waals surface area (Å²) in [7, 11) is 0. The second kappa shape index (κ2) is 5.51. The van der Waals surface area contributed by atoms with Crippen molar-refractivity contribution in [3.05, 3.63) is 35.4 Å². The van der Waals surface area contributed by atoms with Crippen molar-refractivity contribution >= 4 is 5.97 Å². The van der Waals surface area contributed by atoms with Gasteiger partial charge in [0.15, 0.2) is 0 Å². The van der Waals surface area contributed by atoms with Crippen molar-refractivity contribution in [1.29, 1.82) is 0 Å². The quantitative estimate of drug-likeness (QED) is 0.595. The molecule has 17 heavy (non-hydrogen) atoms. The number of rotatable bonds is 1. The van der Waals surface area contributed by atoms with Gasteiger partial charge in [0.2, 0.25) is 0 Å². The minimum absolute atomic E-state index is 0.233. The zero-order valence-corrected chi connectivity index (χ0v) is 10.3. The average molecular weight is 232 g/mol. The Labute approximate surface area is 101 Å². The largest absolute Gasteiger partial charge is 0.456 e. The molecular weight excluding hydrogens is 216 g/mol. The molecule has 0 unspecified atom stereocenters. The molecule has 3 nitrogen and oxygen atoms in total. The molecule has 0 heterocycles. The van der Waals surface area contributed by atoms with Crippen molar-refractivity contribution in [2.75, 3.05) is 6.61 Å². The summed E-state index contributed by atoms with van der Waals surface area (Å²) in [6, 6.07) is 6.93. The third-order valence-corrected chi connectivity index (χ3v) is 1.85. The Balaban J connectivity index is 3.01. The van der Waals surface area contributed by atoms with Gasteiger partial charge in [0, 0.05) is 5.56 Å². The van der Waals surface area contributed by atoms with Crippen LogP contribution in [0.15, 0.2) is 24.3 Å². The first-order chi connectivity index (χ1) is 7.94. The van der Waals surface area contributed by atoms with Crippen LogP contribution in [-0.2, 0) is 4.74 Å². The molecule has 1 N–H and O–H groups in total. The molecule has 1 aromatic carbocycles. The smallest absolute Gasteiger partial charge is 0.339 e. The van der Waals surface area contributed by atoms with Crippen LogP contribution < -0.4 is 0 Å². The van der Waals surface area contributed by atoms with E-state index in [1.54, 1.807) is 24.3 Å². The number of aliphatic hydroxyl groups is 1. The molecule has 3 heteroatoms. The summed E-state index contributed by atoms with van der Waals surface area (Å²) in [5, 5.41) is 8.65. The van der Waals surface area contributed by atoms with E-state index in [1.807, 2.05) is 20.8 Å². The normalized spacial score (nSPS) is 10.4. The number of carbonyl (C=O) groups excluding carboxylic acids is 1. The van der Waals surface area contributed by atoms with Crippen LogP contribution in [0.4, 0.5) is 0 Å². The van der Waals surface area contributed by atoms with E-state index in [-0.39, 0.29) is 6.61 Å². The molecule has 0 spiro atoms. The molecule has 0 saturated heterocycles. The second-order valence-electron chi connectivity index (χ2n) is 4.51. The molecule has 0 aromatic heterocycles. The predicted molar refractivity (Wildman–Crippen MR) is 65.6 cm³/mol. The van der Waals surface area contributed by atoms with Crippen LogP contribution in [0.5, 0.6) is 0 Å². The minimum atomic E-state index is -0.533. The van der Waals surface area contributed by atoms with Gasteiger partial charge in [-0.1, -0.05) is 24.0 Å². The molecular formula is C14H16O3. The van der Waals surface area contributed by atoms with Crippen LogP contribution in [-0.4, -0.2) is 23.3 Å². The number of hydrogen-bond acceptors (Lipinski definition) is 3. The monoisotopic (exact) mass is 232 g/mol. The zero-order valence-electron chi connectivity index (χ0n) is 10.3. The summed E-state index contributed by atoms with van der Waals surface area (Å²) < 4.78 is 5.28. The van der Waals surface area contributed by atoms with E-state index in [0.29, 0.717) is 11.1 Å². The Bertz CT molecular complexity index is 458. The molecule has 0 radical (unpaired) electrons. The zero-order chi connectivity index (χ0) is 12.9. The van der Waals surface area contributed by atoms with Gasteiger partial charge in [-0.15, -0.1) is 0 Å². The number of carbonyl (C=O) groups is 1. The Hall–Kier alpha value is -1.79. The van der Waals surface area contributed by atoms with Crippen LogP contribution in [0.25, 0.3) is 0 Å². The van der Waals surface area contributed by atoms with Gasteiger partial charge in [-0.25, -0.2) is 4.79 Å². The van der Waals surface area contributed by atoms with Crippen LogP contribution in [0.2, 0.25) is 0 Å². The molecule has 0 aliphatic heterocycles. The maximum absolute atomic E-state index is 11.9. The van der Waals surface area contributed by atoms with Gasteiger partial charge in [-0.05, 0) is 32.9 Å². The summed E-state index contributed by atoms with van der Waals surface area (Å²) in [6.07, 6.45) is 0. The average Bonchev–Trinajstić information content (AvgIpc) is 2.24. The lowest BCUT2D eigenvalue weighted by atomic mass is 10.1. The number of benzene rings is 1. The topological polar surface area (TPSA) is 46.5 Å². The molecule has 0 atom stereocenters. The van der Waals surface area contributed by atoms with Crippen molar-refractivity contribution in [1.82, 2.24) is 0 Å². The number of hydrogen-bond donors (Lipinski definition) is 1. The molecule has 0 aliphatic carbocycles.